The number of hydrogen-bond donors (Lipinski definition) is 2. The van der Waals surface area contributed by atoms with Crippen molar-refractivity contribution in [2.45, 2.75) is 18.9 Å². The molecule has 0 radical (unpaired) electrons. The van der Waals surface area contributed by atoms with Crippen molar-refractivity contribution in [3.05, 3.63) is 22.8 Å². The van der Waals surface area contributed by atoms with Crippen LogP contribution in [-0.2, 0) is 4.74 Å². The molecule has 88 valence electrons. The van der Waals surface area contributed by atoms with Crippen LogP contribution in [0.5, 0.6) is 0 Å². The average molecular weight is 243 g/mol. The van der Waals surface area contributed by atoms with Gasteiger partial charge in [-0.3, -0.25) is 0 Å². The van der Waals surface area contributed by atoms with E-state index in [1.807, 2.05) is 0 Å². The largest absolute Gasteiger partial charge is 0.388 e. The van der Waals surface area contributed by atoms with Gasteiger partial charge in [0.1, 0.15) is 5.82 Å². The van der Waals surface area contributed by atoms with E-state index in [1.165, 1.54) is 6.20 Å². The van der Waals surface area contributed by atoms with Crippen LogP contribution in [0.15, 0.2) is 12.3 Å². The Morgan fingerprint density at radius 3 is 3.12 bits per heavy atom. The fourth-order valence-corrected chi connectivity index (χ4v) is 2.14. The summed E-state index contributed by atoms with van der Waals surface area (Å²) in [5.74, 6) is 0.416. The Hall–Kier alpha value is -0.840. The first kappa shape index (κ1) is 11.6. The van der Waals surface area contributed by atoms with E-state index in [-0.39, 0.29) is 5.92 Å². The molecule has 2 rings (SSSR count). The van der Waals surface area contributed by atoms with Gasteiger partial charge in [0.15, 0.2) is 0 Å². The second-order valence-corrected chi connectivity index (χ2v) is 4.49. The average Bonchev–Trinajstić information content (AvgIpc) is 2.32. The Bertz CT molecular complexity index is 367. The normalized spacial score (nSPS) is 23.0. The Kier molecular flexibility index (Phi) is 3.63. The van der Waals surface area contributed by atoms with Gasteiger partial charge in [-0.25, -0.2) is 4.98 Å². The summed E-state index contributed by atoms with van der Waals surface area (Å²) < 4.78 is 5.34. The first-order valence-electron chi connectivity index (χ1n) is 5.35. The number of hydrogen-bond acceptors (Lipinski definition) is 4. The van der Waals surface area contributed by atoms with Crippen molar-refractivity contribution in [3.8, 4) is 0 Å². The number of pyridine rings is 1. The molecule has 0 bridgehead atoms. The van der Waals surface area contributed by atoms with Gasteiger partial charge in [0.2, 0.25) is 0 Å². The van der Waals surface area contributed by atoms with E-state index in [1.54, 1.807) is 6.07 Å². The number of aromatic nitrogens is 1. The van der Waals surface area contributed by atoms with E-state index < -0.39 is 6.10 Å². The summed E-state index contributed by atoms with van der Waals surface area (Å²) in [7, 11) is 0. The second-order valence-electron chi connectivity index (χ2n) is 4.05. The zero-order valence-electron chi connectivity index (χ0n) is 8.90. The molecule has 0 spiro atoms. The molecular weight excluding hydrogens is 228 g/mol. The highest BCUT2D eigenvalue weighted by Crippen LogP contribution is 2.32. The van der Waals surface area contributed by atoms with Crippen LogP contribution in [0.2, 0.25) is 5.02 Å². The molecular formula is C11H15ClN2O2. The topological polar surface area (TPSA) is 68.4 Å². The van der Waals surface area contributed by atoms with E-state index in [0.717, 1.165) is 19.4 Å². The van der Waals surface area contributed by atoms with Crippen molar-refractivity contribution in [2.75, 3.05) is 18.9 Å². The van der Waals surface area contributed by atoms with Gasteiger partial charge < -0.3 is 15.6 Å². The van der Waals surface area contributed by atoms with Gasteiger partial charge >= 0.3 is 0 Å². The van der Waals surface area contributed by atoms with Gasteiger partial charge in [-0.2, -0.15) is 0 Å². The molecule has 16 heavy (non-hydrogen) atoms. The summed E-state index contributed by atoms with van der Waals surface area (Å²) in [5.41, 5.74) is 6.33. The van der Waals surface area contributed by atoms with Crippen molar-refractivity contribution in [2.24, 2.45) is 5.92 Å². The molecule has 0 aliphatic carbocycles. The highest BCUT2D eigenvalue weighted by atomic mass is 35.5. The van der Waals surface area contributed by atoms with Crippen LogP contribution in [0, 0.1) is 5.92 Å². The smallest absolute Gasteiger partial charge is 0.129 e. The summed E-state index contributed by atoms with van der Waals surface area (Å²) in [4.78, 5) is 3.94. The van der Waals surface area contributed by atoms with Gasteiger partial charge in [0.05, 0.1) is 17.7 Å². The van der Waals surface area contributed by atoms with Crippen LogP contribution in [0.25, 0.3) is 0 Å². The number of nitrogens with zero attached hydrogens (tertiary/aromatic N) is 1. The molecule has 2 atom stereocenters. The van der Waals surface area contributed by atoms with E-state index in [9.17, 15) is 5.11 Å². The number of nitrogens with two attached hydrogens (primary N) is 1. The lowest BCUT2D eigenvalue weighted by molar-refractivity contribution is -0.00977. The minimum absolute atomic E-state index is 0.0799. The van der Waals surface area contributed by atoms with E-state index in [4.69, 9.17) is 22.1 Å². The zero-order chi connectivity index (χ0) is 11.5. The molecule has 4 nitrogen and oxygen atoms in total. The maximum atomic E-state index is 10.2. The third-order valence-corrected chi connectivity index (χ3v) is 3.08. The molecule has 2 heterocycles. The summed E-state index contributed by atoms with van der Waals surface area (Å²) in [6.45, 7) is 1.33. The Morgan fingerprint density at radius 2 is 2.44 bits per heavy atom. The Balaban J connectivity index is 2.18. The number of aliphatic hydroxyl groups excluding tert-OH is 1. The van der Waals surface area contributed by atoms with Crippen LogP contribution in [0.3, 0.4) is 0 Å². The monoisotopic (exact) mass is 242 g/mol. The molecule has 0 amide bonds. The SMILES string of the molecule is Nc1ncc(Cl)cc1C(O)C1CCCOC1. The van der Waals surface area contributed by atoms with Crippen molar-refractivity contribution < 1.29 is 9.84 Å². The fraction of sp³-hybridized carbons (Fsp3) is 0.545. The van der Waals surface area contributed by atoms with Crippen molar-refractivity contribution in [1.82, 2.24) is 4.98 Å². The molecule has 1 aliphatic heterocycles. The van der Waals surface area contributed by atoms with E-state index in [0.29, 0.717) is 23.0 Å². The summed E-state index contributed by atoms with van der Waals surface area (Å²) in [5, 5.41) is 10.7. The molecule has 0 aromatic carbocycles. The fourth-order valence-electron chi connectivity index (χ4n) is 1.97. The number of nitrogen functional groups attached to an aromatic ring is 1. The van der Waals surface area contributed by atoms with Crippen LogP contribution in [0.4, 0.5) is 5.82 Å². The number of ether oxygens (including phenoxy) is 1. The van der Waals surface area contributed by atoms with Crippen LogP contribution >= 0.6 is 11.6 Å². The van der Waals surface area contributed by atoms with Gasteiger partial charge in [0.25, 0.3) is 0 Å². The number of anilines is 1. The summed E-state index contributed by atoms with van der Waals surface area (Å²) in [6.07, 6.45) is 2.74. The Labute approximate surface area is 99.4 Å². The molecule has 1 aliphatic rings. The third kappa shape index (κ3) is 2.45. The zero-order valence-corrected chi connectivity index (χ0v) is 9.65. The van der Waals surface area contributed by atoms with Gasteiger partial charge in [0, 0.05) is 24.3 Å². The number of rotatable bonds is 2. The molecule has 2 unspecified atom stereocenters. The highest BCUT2D eigenvalue weighted by Gasteiger charge is 2.25. The minimum Gasteiger partial charge on any atom is -0.388 e. The summed E-state index contributed by atoms with van der Waals surface area (Å²) in [6, 6.07) is 1.67. The third-order valence-electron chi connectivity index (χ3n) is 2.88. The molecule has 3 N–H and O–H groups in total. The molecule has 1 aromatic heterocycles. The number of aliphatic hydroxyl groups is 1. The maximum Gasteiger partial charge on any atom is 0.129 e. The standard InChI is InChI=1S/C11H15ClN2O2/c12-8-4-9(11(13)14-5-8)10(15)7-2-1-3-16-6-7/h4-5,7,10,15H,1-3,6H2,(H2,13,14). The highest BCUT2D eigenvalue weighted by molar-refractivity contribution is 6.30. The number of halogens is 1. The first-order valence-corrected chi connectivity index (χ1v) is 5.73. The molecule has 0 saturated carbocycles. The van der Waals surface area contributed by atoms with E-state index in [2.05, 4.69) is 4.98 Å². The lowest BCUT2D eigenvalue weighted by Gasteiger charge is -2.27. The maximum absolute atomic E-state index is 10.2. The summed E-state index contributed by atoms with van der Waals surface area (Å²) >= 11 is 5.84. The first-order chi connectivity index (χ1) is 7.68. The minimum atomic E-state index is -0.647. The lowest BCUT2D eigenvalue weighted by Crippen LogP contribution is -2.24. The van der Waals surface area contributed by atoms with Crippen LogP contribution in [-0.4, -0.2) is 23.3 Å². The van der Waals surface area contributed by atoms with Crippen molar-refractivity contribution in [3.63, 3.8) is 0 Å². The molecule has 1 aromatic rings. The van der Waals surface area contributed by atoms with Crippen molar-refractivity contribution >= 4 is 17.4 Å². The van der Waals surface area contributed by atoms with Crippen LogP contribution in [0.1, 0.15) is 24.5 Å². The molecule has 1 fully saturated rings. The van der Waals surface area contributed by atoms with E-state index >= 15 is 0 Å². The second kappa shape index (κ2) is 4.99. The Morgan fingerprint density at radius 1 is 1.62 bits per heavy atom. The van der Waals surface area contributed by atoms with Gasteiger partial charge in [-0.05, 0) is 18.9 Å². The van der Waals surface area contributed by atoms with Crippen LogP contribution < -0.4 is 5.73 Å². The predicted octanol–water partition coefficient (Wildman–Crippen LogP) is 1.78. The van der Waals surface area contributed by atoms with Gasteiger partial charge in [-0.15, -0.1) is 0 Å². The molecule has 5 heteroatoms. The van der Waals surface area contributed by atoms with Gasteiger partial charge in [-0.1, -0.05) is 11.6 Å². The lowest BCUT2D eigenvalue weighted by atomic mass is 9.91. The van der Waals surface area contributed by atoms with Crippen molar-refractivity contribution in [1.29, 1.82) is 0 Å². The quantitative estimate of drug-likeness (QED) is 0.830. The predicted molar refractivity (Wildman–Crippen MR) is 62.2 cm³/mol. The molecule has 1 saturated heterocycles.